The van der Waals surface area contributed by atoms with Crippen LogP contribution in [0.4, 0.5) is 5.82 Å². The Kier molecular flexibility index (Phi) is 4.64. The van der Waals surface area contributed by atoms with Crippen molar-refractivity contribution in [2.75, 3.05) is 11.9 Å². The molecule has 2 atom stereocenters. The number of fused-ring (bicyclic) bond motifs is 4. The van der Waals surface area contributed by atoms with E-state index in [1.165, 1.54) is 32.1 Å². The van der Waals surface area contributed by atoms with Crippen LogP contribution in [0.1, 0.15) is 42.7 Å². The second kappa shape index (κ2) is 7.29. The van der Waals surface area contributed by atoms with E-state index in [0.717, 1.165) is 51.7 Å². The number of aromatic nitrogens is 3. The van der Waals surface area contributed by atoms with E-state index in [1.54, 1.807) is 17.4 Å². The summed E-state index contributed by atoms with van der Waals surface area (Å²) >= 11 is 1.61. The lowest BCUT2D eigenvalue weighted by atomic mass is 10.1. The SMILES string of the molecule is C1C[C@@H]2CC[C@H](C1)N2.Cc1nc2cc(O)c(-c3cc4c(nn3)NCC4)cc2s1. The summed E-state index contributed by atoms with van der Waals surface area (Å²) in [5, 5.41) is 26.3. The Bertz CT molecular complexity index is 1000. The third-order valence-corrected chi connectivity index (χ3v) is 6.82. The number of anilines is 1. The summed E-state index contributed by atoms with van der Waals surface area (Å²) in [5.41, 5.74) is 3.39. The summed E-state index contributed by atoms with van der Waals surface area (Å²) in [4.78, 5) is 4.38. The van der Waals surface area contributed by atoms with Gasteiger partial charge >= 0.3 is 0 Å². The van der Waals surface area contributed by atoms with Crippen LogP contribution >= 0.6 is 11.3 Å². The monoisotopic (exact) mass is 395 g/mol. The molecule has 2 fully saturated rings. The highest BCUT2D eigenvalue weighted by molar-refractivity contribution is 7.18. The van der Waals surface area contributed by atoms with Gasteiger partial charge in [-0.25, -0.2) is 4.98 Å². The highest BCUT2D eigenvalue weighted by Gasteiger charge is 2.26. The molecule has 0 aliphatic carbocycles. The van der Waals surface area contributed by atoms with Crippen LogP contribution in [0.5, 0.6) is 5.75 Å². The molecule has 0 unspecified atom stereocenters. The minimum absolute atomic E-state index is 0.197. The molecule has 0 amide bonds. The van der Waals surface area contributed by atoms with Crippen LogP contribution in [-0.2, 0) is 6.42 Å². The molecule has 1 aromatic carbocycles. The van der Waals surface area contributed by atoms with Gasteiger partial charge in [0.05, 0.1) is 20.9 Å². The van der Waals surface area contributed by atoms with Crippen LogP contribution in [0.25, 0.3) is 21.5 Å². The predicted molar refractivity (Wildman–Crippen MR) is 113 cm³/mol. The first-order valence-corrected chi connectivity index (χ1v) is 10.9. The fraction of sp³-hybridized carbons (Fsp3) is 0.476. The molecule has 0 radical (unpaired) electrons. The normalized spacial score (nSPS) is 22.5. The van der Waals surface area contributed by atoms with Crippen LogP contribution in [0.2, 0.25) is 0 Å². The van der Waals surface area contributed by atoms with Gasteiger partial charge in [-0.15, -0.1) is 21.5 Å². The van der Waals surface area contributed by atoms with E-state index in [0.29, 0.717) is 11.3 Å². The minimum atomic E-state index is 0.197. The third-order valence-electron chi connectivity index (χ3n) is 5.89. The Balaban J connectivity index is 0.000000177. The van der Waals surface area contributed by atoms with Crippen molar-refractivity contribution in [1.29, 1.82) is 0 Å². The molecule has 3 aromatic rings. The minimum Gasteiger partial charge on any atom is -0.507 e. The van der Waals surface area contributed by atoms with Crippen LogP contribution in [0.15, 0.2) is 18.2 Å². The quantitative estimate of drug-likeness (QED) is 0.577. The lowest BCUT2D eigenvalue weighted by Crippen LogP contribution is -2.33. The fourth-order valence-corrected chi connectivity index (χ4v) is 5.32. The summed E-state index contributed by atoms with van der Waals surface area (Å²) in [6.45, 7) is 2.86. The summed E-state index contributed by atoms with van der Waals surface area (Å²) in [6.07, 6.45) is 8.20. The van der Waals surface area contributed by atoms with Crippen LogP contribution in [0.3, 0.4) is 0 Å². The lowest BCUT2D eigenvalue weighted by Gasteiger charge is -2.19. The topological polar surface area (TPSA) is 83.0 Å². The van der Waals surface area contributed by atoms with E-state index in [1.807, 2.05) is 19.1 Å². The molecule has 2 bridgehead atoms. The molecule has 7 heteroatoms. The van der Waals surface area contributed by atoms with Gasteiger partial charge in [0.25, 0.3) is 0 Å². The van der Waals surface area contributed by atoms with Crippen molar-refractivity contribution >= 4 is 27.4 Å². The Morgan fingerprint density at radius 2 is 1.89 bits per heavy atom. The second-order valence-corrected chi connectivity index (χ2v) is 9.15. The van der Waals surface area contributed by atoms with Gasteiger partial charge in [-0.1, -0.05) is 6.42 Å². The Labute approximate surface area is 168 Å². The van der Waals surface area contributed by atoms with E-state index in [9.17, 15) is 5.11 Å². The molecule has 2 aromatic heterocycles. The maximum absolute atomic E-state index is 10.2. The standard InChI is InChI=1S/C14H12N4OS.C7H13N/c1-7-16-11-6-12(19)9(5-13(11)20-7)10-4-8-2-3-15-14(8)18-17-10;1-2-6-4-5-7(3-1)8-6/h4-6,19H,2-3H2,1H3,(H,15,18);6-8H,1-5H2/t;6-,7+. The summed E-state index contributed by atoms with van der Waals surface area (Å²) < 4.78 is 1.05. The second-order valence-electron chi connectivity index (χ2n) is 7.92. The zero-order valence-electron chi connectivity index (χ0n) is 16.0. The molecular weight excluding hydrogens is 370 g/mol. The van der Waals surface area contributed by atoms with Crippen molar-refractivity contribution < 1.29 is 5.11 Å². The zero-order chi connectivity index (χ0) is 19.1. The summed E-state index contributed by atoms with van der Waals surface area (Å²) in [6, 6.07) is 7.45. The number of phenols is 1. The Hall–Kier alpha value is -2.25. The number of piperidine rings is 1. The van der Waals surface area contributed by atoms with Crippen molar-refractivity contribution in [3.05, 3.63) is 28.8 Å². The molecule has 0 saturated carbocycles. The van der Waals surface area contributed by atoms with Gasteiger partial charge in [-0.05, 0) is 51.2 Å². The number of rotatable bonds is 1. The maximum atomic E-state index is 10.2. The van der Waals surface area contributed by atoms with E-state index in [-0.39, 0.29) is 5.75 Å². The first-order chi connectivity index (χ1) is 13.7. The molecule has 3 N–H and O–H groups in total. The van der Waals surface area contributed by atoms with E-state index in [4.69, 9.17) is 0 Å². The Morgan fingerprint density at radius 1 is 1.07 bits per heavy atom. The van der Waals surface area contributed by atoms with Crippen molar-refractivity contribution in [2.24, 2.45) is 0 Å². The van der Waals surface area contributed by atoms with Crippen molar-refractivity contribution in [2.45, 2.75) is 57.5 Å². The summed E-state index contributed by atoms with van der Waals surface area (Å²) in [5.74, 6) is 1.05. The molecular formula is C21H25N5OS. The number of hydrogen-bond donors (Lipinski definition) is 3. The maximum Gasteiger partial charge on any atom is 0.151 e. The van der Waals surface area contributed by atoms with Gasteiger partial charge in [0.2, 0.25) is 0 Å². The fourth-order valence-electron chi connectivity index (χ4n) is 4.47. The first-order valence-electron chi connectivity index (χ1n) is 10.1. The molecule has 5 heterocycles. The number of phenolic OH excluding ortho intramolecular Hbond substituents is 1. The molecule has 28 heavy (non-hydrogen) atoms. The summed E-state index contributed by atoms with van der Waals surface area (Å²) in [7, 11) is 0. The molecule has 6 rings (SSSR count). The average Bonchev–Trinajstić information content (AvgIpc) is 3.38. The van der Waals surface area contributed by atoms with E-state index < -0.39 is 0 Å². The van der Waals surface area contributed by atoms with Crippen LogP contribution in [0, 0.1) is 6.92 Å². The Morgan fingerprint density at radius 3 is 2.68 bits per heavy atom. The molecule has 2 saturated heterocycles. The third kappa shape index (κ3) is 3.44. The van der Waals surface area contributed by atoms with Crippen molar-refractivity contribution in [3.63, 3.8) is 0 Å². The van der Waals surface area contributed by atoms with Gasteiger partial charge in [-0.2, -0.15) is 0 Å². The van der Waals surface area contributed by atoms with Gasteiger partial charge in [0.15, 0.2) is 5.82 Å². The molecule has 146 valence electrons. The zero-order valence-corrected chi connectivity index (χ0v) is 16.9. The number of nitrogens with one attached hydrogen (secondary N) is 2. The highest BCUT2D eigenvalue weighted by atomic mass is 32.1. The molecule has 3 aliphatic heterocycles. The van der Waals surface area contributed by atoms with Crippen molar-refractivity contribution in [3.8, 4) is 17.0 Å². The van der Waals surface area contributed by atoms with Gasteiger partial charge in [0, 0.05) is 35.8 Å². The molecule has 6 nitrogen and oxygen atoms in total. The van der Waals surface area contributed by atoms with Crippen LogP contribution < -0.4 is 10.6 Å². The molecule has 3 aliphatic rings. The predicted octanol–water partition coefficient (Wildman–Crippen LogP) is 4.03. The number of benzene rings is 1. The number of nitrogens with zero attached hydrogens (tertiary/aromatic N) is 3. The lowest BCUT2D eigenvalue weighted by molar-refractivity contribution is 0.406. The van der Waals surface area contributed by atoms with E-state index in [2.05, 4.69) is 25.8 Å². The number of thiazole rings is 1. The average molecular weight is 396 g/mol. The van der Waals surface area contributed by atoms with E-state index >= 15 is 0 Å². The number of hydrogen-bond acceptors (Lipinski definition) is 7. The van der Waals surface area contributed by atoms with Crippen LogP contribution in [-0.4, -0.2) is 38.9 Å². The number of aromatic hydroxyl groups is 1. The van der Waals surface area contributed by atoms with Crippen molar-refractivity contribution in [1.82, 2.24) is 20.5 Å². The van der Waals surface area contributed by atoms with Gasteiger partial charge in [0.1, 0.15) is 5.75 Å². The number of aryl methyl sites for hydroxylation is 1. The molecule has 0 spiro atoms. The first kappa shape index (κ1) is 17.8. The van der Waals surface area contributed by atoms with Gasteiger partial charge in [-0.3, -0.25) is 0 Å². The highest BCUT2D eigenvalue weighted by Crippen LogP contribution is 2.35. The largest absolute Gasteiger partial charge is 0.507 e. The van der Waals surface area contributed by atoms with Gasteiger partial charge < -0.3 is 15.7 Å². The smallest absolute Gasteiger partial charge is 0.151 e.